The quantitative estimate of drug-likeness (QED) is 0.253. The molecule has 2 N–H and O–H groups in total. The number of carbonyl (C=O) groups is 1. The van der Waals surface area contributed by atoms with Gasteiger partial charge in [-0.2, -0.15) is 10.4 Å². The first kappa shape index (κ1) is 27.1. The van der Waals surface area contributed by atoms with Crippen LogP contribution in [0.2, 0.25) is 0 Å². The molecule has 0 atom stereocenters. The highest BCUT2D eigenvalue weighted by molar-refractivity contribution is 7.15. The second-order valence-corrected chi connectivity index (χ2v) is 14.1. The van der Waals surface area contributed by atoms with Crippen molar-refractivity contribution in [2.45, 2.75) is 95.6 Å². The average molecular weight is 580 g/mol. The van der Waals surface area contributed by atoms with Crippen molar-refractivity contribution in [1.82, 2.24) is 24.9 Å². The average Bonchev–Trinajstić information content (AvgIpc) is 3.66. The van der Waals surface area contributed by atoms with Crippen LogP contribution in [0.1, 0.15) is 94.5 Å². The van der Waals surface area contributed by atoms with E-state index in [0.29, 0.717) is 16.9 Å². The Morgan fingerprint density at radius 3 is 2.50 bits per heavy atom. The molecule has 4 saturated carbocycles. The number of nitriles is 1. The molecule has 0 saturated heterocycles. The zero-order valence-electron chi connectivity index (χ0n) is 24.3. The zero-order valence-corrected chi connectivity index (χ0v) is 25.1. The van der Waals surface area contributed by atoms with Gasteiger partial charge in [-0.3, -0.25) is 9.78 Å². The molecule has 216 valence electrons. The Balaban J connectivity index is 1.22. The lowest BCUT2D eigenvalue weighted by molar-refractivity contribution is -0.119. The van der Waals surface area contributed by atoms with Crippen LogP contribution in [0, 0.1) is 16.7 Å². The zero-order chi connectivity index (χ0) is 28.9. The summed E-state index contributed by atoms with van der Waals surface area (Å²) in [7, 11) is 0. The highest BCUT2D eigenvalue weighted by atomic mass is 32.1. The lowest BCUT2D eigenvalue weighted by Gasteiger charge is -2.53. The van der Waals surface area contributed by atoms with Crippen molar-refractivity contribution >= 4 is 28.4 Å². The molecule has 4 fully saturated rings. The monoisotopic (exact) mass is 579 g/mol. The normalized spacial score (nSPS) is 27.1. The Labute approximate surface area is 250 Å². The van der Waals surface area contributed by atoms with E-state index in [0.717, 1.165) is 58.7 Å². The summed E-state index contributed by atoms with van der Waals surface area (Å²) in [5.41, 5.74) is 6.00. The van der Waals surface area contributed by atoms with Crippen molar-refractivity contribution in [3.63, 3.8) is 0 Å². The fourth-order valence-corrected chi connectivity index (χ4v) is 8.48. The highest BCUT2D eigenvalue weighted by Crippen LogP contribution is 2.54. The maximum Gasteiger partial charge on any atom is 0.217 e. The van der Waals surface area contributed by atoms with E-state index in [4.69, 9.17) is 9.97 Å². The minimum Gasteiger partial charge on any atom is -0.379 e. The number of fused-ring (bicyclic) bond motifs is 4. The second kappa shape index (κ2) is 10.5. The van der Waals surface area contributed by atoms with Gasteiger partial charge in [0, 0.05) is 48.1 Å². The van der Waals surface area contributed by atoms with Crippen molar-refractivity contribution in [1.29, 1.82) is 5.26 Å². The molecule has 4 heterocycles. The molecule has 9 heteroatoms. The predicted octanol–water partition coefficient (Wildman–Crippen LogP) is 7.08. The summed E-state index contributed by atoms with van der Waals surface area (Å²) in [5.74, 6) is 0.489. The van der Waals surface area contributed by atoms with Gasteiger partial charge in [0.05, 0.1) is 38.5 Å². The number of aromatic nitrogens is 4. The minimum absolute atomic E-state index is 0.0573. The topological polar surface area (TPSA) is 108 Å². The summed E-state index contributed by atoms with van der Waals surface area (Å²) in [6.07, 6.45) is 17.1. The maximum absolute atomic E-state index is 11.5. The smallest absolute Gasteiger partial charge is 0.217 e. The first-order valence-corrected chi connectivity index (χ1v) is 16.0. The summed E-state index contributed by atoms with van der Waals surface area (Å²) < 4.78 is 1.86. The standard InChI is InChI=1S/C33H37N7OS/c1-21(41)38-24-5-3-23(4-6-24)31-36-20-30(42-31)26-19-35-28(29-8-7-25-15-22(17-34)18-37-40(25)29)16-27(26)39-33-12-9-32(2,10-13-33)11-14-33/h7-8,15-16,18-20,23-24H,3-6,9-14H2,1-2H3,(H,35,39)(H,38,41). The Kier molecular flexibility index (Phi) is 6.77. The summed E-state index contributed by atoms with van der Waals surface area (Å²) in [6.45, 7) is 4.06. The van der Waals surface area contributed by atoms with Crippen molar-refractivity contribution in [2.24, 2.45) is 5.41 Å². The van der Waals surface area contributed by atoms with E-state index in [9.17, 15) is 10.1 Å². The van der Waals surface area contributed by atoms with Crippen LogP contribution >= 0.6 is 11.3 Å². The molecule has 42 heavy (non-hydrogen) atoms. The van der Waals surface area contributed by atoms with E-state index in [1.54, 1.807) is 24.5 Å². The SMILES string of the molecule is CC(=O)NC1CCC(c2ncc(-c3cnc(-c4ccc5cc(C#N)cnn45)cc3NC34CCC(C)(CC3)CC4)s2)CC1. The van der Waals surface area contributed by atoms with Gasteiger partial charge in [0.1, 0.15) is 6.07 Å². The molecule has 0 spiro atoms. The van der Waals surface area contributed by atoms with Gasteiger partial charge in [0.15, 0.2) is 0 Å². The number of carbonyl (C=O) groups excluding carboxylic acids is 1. The van der Waals surface area contributed by atoms with E-state index in [-0.39, 0.29) is 17.5 Å². The second-order valence-electron chi connectivity index (χ2n) is 13.1. The van der Waals surface area contributed by atoms with Gasteiger partial charge in [-0.1, -0.05) is 6.92 Å². The van der Waals surface area contributed by atoms with E-state index >= 15 is 0 Å². The third-order valence-electron chi connectivity index (χ3n) is 10.1. The molecule has 0 radical (unpaired) electrons. The van der Waals surface area contributed by atoms with Crippen molar-refractivity contribution in [3.05, 3.63) is 53.4 Å². The molecule has 1 amide bonds. The molecule has 0 unspecified atom stereocenters. The number of thiazole rings is 1. The van der Waals surface area contributed by atoms with Gasteiger partial charge in [-0.25, -0.2) is 9.50 Å². The molecular formula is C33H37N7OS. The van der Waals surface area contributed by atoms with E-state index in [2.05, 4.69) is 34.8 Å². The Hall–Kier alpha value is -3.77. The summed E-state index contributed by atoms with van der Waals surface area (Å²) >= 11 is 1.78. The number of pyridine rings is 1. The highest BCUT2D eigenvalue weighted by Gasteiger charge is 2.46. The summed E-state index contributed by atoms with van der Waals surface area (Å²) in [6, 6.07) is 10.5. The Morgan fingerprint density at radius 2 is 1.79 bits per heavy atom. The van der Waals surface area contributed by atoms with Crippen molar-refractivity contribution in [3.8, 4) is 27.9 Å². The molecule has 0 aromatic carbocycles. The Morgan fingerprint density at radius 1 is 1.02 bits per heavy atom. The number of hydrogen-bond acceptors (Lipinski definition) is 7. The van der Waals surface area contributed by atoms with Gasteiger partial charge in [-0.15, -0.1) is 11.3 Å². The van der Waals surface area contributed by atoms with Gasteiger partial charge in [0.25, 0.3) is 0 Å². The molecule has 8 nitrogen and oxygen atoms in total. The van der Waals surface area contributed by atoms with Crippen LogP contribution < -0.4 is 10.6 Å². The van der Waals surface area contributed by atoms with Gasteiger partial charge in [-0.05, 0) is 93.9 Å². The Bertz CT molecular complexity index is 1670. The lowest BCUT2D eigenvalue weighted by atomic mass is 9.58. The van der Waals surface area contributed by atoms with Crippen LogP contribution in [0.3, 0.4) is 0 Å². The number of anilines is 1. The minimum atomic E-state index is 0.0573. The first-order valence-electron chi connectivity index (χ1n) is 15.2. The summed E-state index contributed by atoms with van der Waals surface area (Å²) in [5, 5.41) is 22.2. The van der Waals surface area contributed by atoms with Crippen LogP contribution in [-0.2, 0) is 4.79 Å². The molecular weight excluding hydrogens is 542 g/mol. The summed E-state index contributed by atoms with van der Waals surface area (Å²) in [4.78, 5) is 22.5. The van der Waals surface area contributed by atoms with Crippen molar-refractivity contribution < 1.29 is 4.79 Å². The van der Waals surface area contributed by atoms with E-state index in [1.165, 1.54) is 43.5 Å². The molecule has 4 aromatic heterocycles. The van der Waals surface area contributed by atoms with Crippen LogP contribution in [0.4, 0.5) is 5.69 Å². The van der Waals surface area contributed by atoms with Crippen LogP contribution in [0.5, 0.6) is 0 Å². The molecule has 4 aliphatic rings. The van der Waals surface area contributed by atoms with Crippen LogP contribution in [0.25, 0.3) is 27.3 Å². The predicted molar refractivity (Wildman–Crippen MR) is 165 cm³/mol. The molecule has 4 aromatic rings. The fraction of sp³-hybridized carbons (Fsp3) is 0.485. The van der Waals surface area contributed by atoms with Crippen LogP contribution in [0.15, 0.2) is 42.9 Å². The molecule has 0 aliphatic heterocycles. The third kappa shape index (κ3) is 5.06. The number of rotatable bonds is 6. The maximum atomic E-state index is 11.5. The van der Waals surface area contributed by atoms with Crippen molar-refractivity contribution in [2.75, 3.05) is 5.32 Å². The van der Waals surface area contributed by atoms with Gasteiger partial charge in [0.2, 0.25) is 5.91 Å². The number of nitrogens with zero attached hydrogens (tertiary/aromatic N) is 5. The van der Waals surface area contributed by atoms with E-state index in [1.807, 2.05) is 35.1 Å². The van der Waals surface area contributed by atoms with Gasteiger partial charge < -0.3 is 10.6 Å². The molecule has 8 rings (SSSR count). The lowest BCUT2D eigenvalue weighted by Crippen LogP contribution is -2.49. The number of amides is 1. The van der Waals surface area contributed by atoms with Gasteiger partial charge >= 0.3 is 0 Å². The fourth-order valence-electron chi connectivity index (χ4n) is 7.37. The largest absolute Gasteiger partial charge is 0.379 e. The number of nitrogens with one attached hydrogen (secondary N) is 2. The third-order valence-corrected chi connectivity index (χ3v) is 11.3. The first-order chi connectivity index (χ1) is 20.3. The molecule has 2 bridgehead atoms. The molecule has 4 aliphatic carbocycles. The van der Waals surface area contributed by atoms with Crippen LogP contribution in [-0.4, -0.2) is 37.1 Å². The number of hydrogen-bond donors (Lipinski definition) is 2. The van der Waals surface area contributed by atoms with E-state index < -0.39 is 0 Å².